The van der Waals surface area contributed by atoms with Crippen LogP contribution in [0.1, 0.15) is 6.92 Å². The Bertz CT molecular complexity index is 998. The van der Waals surface area contributed by atoms with Crippen molar-refractivity contribution in [1.29, 1.82) is 0 Å². The molecule has 1 aliphatic rings. The zero-order chi connectivity index (χ0) is 19.5. The Morgan fingerprint density at radius 3 is 2.79 bits per heavy atom. The highest BCUT2D eigenvalue weighted by atomic mass is 19.1. The van der Waals surface area contributed by atoms with Crippen molar-refractivity contribution in [2.75, 3.05) is 43.1 Å². The van der Waals surface area contributed by atoms with Crippen molar-refractivity contribution in [3.05, 3.63) is 48.3 Å². The van der Waals surface area contributed by atoms with Gasteiger partial charge in [0.05, 0.1) is 42.1 Å². The number of nitrogens with one attached hydrogen (secondary N) is 1. The second-order valence-electron chi connectivity index (χ2n) is 6.36. The Hall–Kier alpha value is -3.13. The summed E-state index contributed by atoms with van der Waals surface area (Å²) in [5, 5.41) is 8.06. The molecule has 3 aromatic rings. The van der Waals surface area contributed by atoms with Crippen LogP contribution in [0.4, 0.5) is 20.7 Å². The van der Waals surface area contributed by atoms with Crippen LogP contribution in [-0.4, -0.2) is 48.8 Å². The third-order valence-corrected chi connectivity index (χ3v) is 4.59. The third kappa shape index (κ3) is 3.50. The van der Waals surface area contributed by atoms with Gasteiger partial charge in [0.15, 0.2) is 5.82 Å². The summed E-state index contributed by atoms with van der Waals surface area (Å²) in [4.78, 5) is 14.3. The van der Waals surface area contributed by atoms with Crippen LogP contribution in [0.2, 0.25) is 0 Å². The van der Waals surface area contributed by atoms with E-state index < -0.39 is 6.09 Å². The minimum atomic E-state index is -0.579. The van der Waals surface area contributed by atoms with Crippen molar-refractivity contribution < 1.29 is 18.7 Å². The van der Waals surface area contributed by atoms with Crippen LogP contribution >= 0.6 is 0 Å². The first kappa shape index (κ1) is 18.2. The number of amides is 1. The summed E-state index contributed by atoms with van der Waals surface area (Å²) in [6.45, 7) is 4.74. The number of carbonyl (C=O) groups excluding carboxylic acids is 1. The molecule has 0 radical (unpaired) electrons. The molecule has 0 saturated carbocycles. The van der Waals surface area contributed by atoms with Crippen LogP contribution in [0.5, 0.6) is 0 Å². The van der Waals surface area contributed by atoms with Gasteiger partial charge in [-0.3, -0.25) is 5.32 Å². The number of fused-ring (bicyclic) bond motifs is 1. The van der Waals surface area contributed by atoms with Crippen LogP contribution < -0.4 is 10.2 Å². The summed E-state index contributed by atoms with van der Waals surface area (Å²) >= 11 is 0. The van der Waals surface area contributed by atoms with E-state index in [1.165, 1.54) is 12.1 Å². The van der Waals surface area contributed by atoms with E-state index in [9.17, 15) is 9.18 Å². The largest absolute Gasteiger partial charge is 0.450 e. The fraction of sp³-hybridized carbons (Fsp3) is 0.300. The number of carbonyl (C=O) groups is 1. The number of ether oxygens (including phenoxy) is 2. The lowest BCUT2D eigenvalue weighted by Gasteiger charge is -2.29. The standard InChI is InChI=1S/C20H21FN4O3/c1-2-28-20(26)22-19-18-16(24-9-11-27-12-10-24)7-4-8-17(18)25(23-19)15-6-3-5-14(21)13-15/h3-8,13H,2,9-12H2,1H3,(H,22,23,26). The van der Waals surface area contributed by atoms with E-state index in [1.54, 1.807) is 23.7 Å². The Labute approximate surface area is 161 Å². The highest BCUT2D eigenvalue weighted by molar-refractivity contribution is 6.05. The van der Waals surface area contributed by atoms with Gasteiger partial charge in [0.1, 0.15) is 5.82 Å². The number of rotatable bonds is 4. The summed E-state index contributed by atoms with van der Waals surface area (Å²) in [7, 11) is 0. The first-order valence-electron chi connectivity index (χ1n) is 9.21. The van der Waals surface area contributed by atoms with Gasteiger partial charge in [-0.15, -0.1) is 5.10 Å². The quantitative estimate of drug-likeness (QED) is 0.745. The van der Waals surface area contributed by atoms with Gasteiger partial charge < -0.3 is 14.4 Å². The predicted molar refractivity (Wildman–Crippen MR) is 105 cm³/mol. The molecule has 1 saturated heterocycles. The fourth-order valence-corrected chi connectivity index (χ4v) is 3.38. The van der Waals surface area contributed by atoms with Crippen LogP contribution in [-0.2, 0) is 9.47 Å². The van der Waals surface area contributed by atoms with Crippen LogP contribution in [0.3, 0.4) is 0 Å². The van der Waals surface area contributed by atoms with Gasteiger partial charge in [-0.05, 0) is 37.3 Å². The van der Waals surface area contributed by atoms with E-state index in [0.717, 1.165) is 29.7 Å². The molecular weight excluding hydrogens is 363 g/mol. The molecule has 1 aliphatic heterocycles. The Morgan fingerprint density at radius 1 is 1.25 bits per heavy atom. The molecule has 0 atom stereocenters. The minimum absolute atomic E-state index is 0.255. The molecule has 8 heteroatoms. The van der Waals surface area contributed by atoms with Gasteiger partial charge in [0.25, 0.3) is 0 Å². The Kier molecular flexibility index (Phi) is 5.12. The summed E-state index contributed by atoms with van der Waals surface area (Å²) in [5.41, 5.74) is 2.28. The maximum Gasteiger partial charge on any atom is 0.412 e. The van der Waals surface area contributed by atoms with Gasteiger partial charge in [0, 0.05) is 13.1 Å². The molecule has 1 aromatic heterocycles. The third-order valence-electron chi connectivity index (χ3n) is 4.59. The number of hydrogen-bond acceptors (Lipinski definition) is 5. The zero-order valence-corrected chi connectivity index (χ0v) is 15.5. The predicted octanol–water partition coefficient (Wildman–Crippen LogP) is 3.57. The van der Waals surface area contributed by atoms with Crippen molar-refractivity contribution >= 4 is 28.5 Å². The molecule has 146 valence electrons. The summed E-state index contributed by atoms with van der Waals surface area (Å²) < 4.78 is 25.9. The average Bonchev–Trinajstić information content (AvgIpc) is 3.07. The number of halogens is 1. The Morgan fingerprint density at radius 2 is 2.04 bits per heavy atom. The Balaban J connectivity index is 1.87. The van der Waals surface area contributed by atoms with Gasteiger partial charge in [-0.25, -0.2) is 13.9 Å². The zero-order valence-electron chi connectivity index (χ0n) is 15.5. The summed E-state index contributed by atoms with van der Waals surface area (Å²) in [6, 6.07) is 12.0. The normalized spacial score (nSPS) is 14.3. The first-order chi connectivity index (χ1) is 13.7. The van der Waals surface area contributed by atoms with Gasteiger partial charge in [0.2, 0.25) is 0 Å². The molecule has 7 nitrogen and oxygen atoms in total. The minimum Gasteiger partial charge on any atom is -0.450 e. The number of aromatic nitrogens is 2. The fourth-order valence-electron chi connectivity index (χ4n) is 3.38. The summed E-state index contributed by atoms with van der Waals surface area (Å²) in [5.74, 6) is 0.0187. The number of nitrogens with zero attached hydrogens (tertiary/aromatic N) is 3. The molecule has 0 bridgehead atoms. The van der Waals surface area contributed by atoms with Crippen molar-refractivity contribution in [2.45, 2.75) is 6.92 Å². The molecular formula is C20H21FN4O3. The number of hydrogen-bond donors (Lipinski definition) is 1. The molecule has 0 spiro atoms. The van der Waals surface area contributed by atoms with Crippen LogP contribution in [0.25, 0.3) is 16.6 Å². The van der Waals surface area contributed by atoms with E-state index >= 15 is 0 Å². The molecule has 0 unspecified atom stereocenters. The van der Waals surface area contributed by atoms with Crippen molar-refractivity contribution in [3.8, 4) is 5.69 Å². The first-order valence-corrected chi connectivity index (χ1v) is 9.21. The van der Waals surface area contributed by atoms with Crippen LogP contribution in [0.15, 0.2) is 42.5 Å². The maximum absolute atomic E-state index is 13.8. The van der Waals surface area contributed by atoms with Gasteiger partial charge in [-0.2, -0.15) is 0 Å². The van der Waals surface area contributed by atoms with E-state index in [-0.39, 0.29) is 12.4 Å². The molecule has 1 amide bonds. The molecule has 4 rings (SSSR count). The average molecular weight is 384 g/mol. The monoisotopic (exact) mass is 384 g/mol. The second kappa shape index (κ2) is 7.85. The van der Waals surface area contributed by atoms with Crippen molar-refractivity contribution in [3.63, 3.8) is 0 Å². The van der Waals surface area contributed by atoms with E-state index in [4.69, 9.17) is 9.47 Å². The van der Waals surface area contributed by atoms with Crippen LogP contribution in [0, 0.1) is 5.82 Å². The van der Waals surface area contributed by atoms with E-state index in [2.05, 4.69) is 15.3 Å². The number of anilines is 2. The van der Waals surface area contributed by atoms with Crippen molar-refractivity contribution in [2.24, 2.45) is 0 Å². The number of benzene rings is 2. The number of morpholine rings is 1. The lowest BCUT2D eigenvalue weighted by molar-refractivity contribution is 0.123. The topological polar surface area (TPSA) is 68.6 Å². The lowest BCUT2D eigenvalue weighted by Crippen LogP contribution is -2.36. The molecule has 2 heterocycles. The molecule has 1 N–H and O–H groups in total. The van der Waals surface area contributed by atoms with E-state index in [1.807, 2.05) is 18.2 Å². The summed E-state index contributed by atoms with van der Waals surface area (Å²) in [6.07, 6.45) is -0.579. The van der Waals surface area contributed by atoms with E-state index in [0.29, 0.717) is 24.7 Å². The molecule has 28 heavy (non-hydrogen) atoms. The highest BCUT2D eigenvalue weighted by Crippen LogP contribution is 2.35. The lowest BCUT2D eigenvalue weighted by atomic mass is 10.1. The molecule has 1 fully saturated rings. The second-order valence-corrected chi connectivity index (χ2v) is 6.36. The SMILES string of the molecule is CCOC(=O)Nc1nn(-c2cccc(F)c2)c2cccc(N3CCOCC3)c12. The van der Waals surface area contributed by atoms with Crippen molar-refractivity contribution in [1.82, 2.24) is 9.78 Å². The van der Waals surface area contributed by atoms with Gasteiger partial charge in [-0.1, -0.05) is 12.1 Å². The smallest absolute Gasteiger partial charge is 0.412 e. The molecule has 0 aliphatic carbocycles. The maximum atomic E-state index is 13.8. The highest BCUT2D eigenvalue weighted by Gasteiger charge is 2.22. The van der Waals surface area contributed by atoms with Gasteiger partial charge >= 0.3 is 6.09 Å². The molecule has 2 aromatic carbocycles.